The minimum absolute atomic E-state index is 0.0425. The maximum Gasteiger partial charge on any atom is 0.127 e. The zero-order valence-corrected chi connectivity index (χ0v) is 14.2. The van der Waals surface area contributed by atoms with Crippen LogP contribution in [-0.2, 0) is 6.42 Å². The summed E-state index contributed by atoms with van der Waals surface area (Å²) in [4.78, 5) is 0. The van der Waals surface area contributed by atoms with Crippen molar-refractivity contribution in [1.82, 2.24) is 5.32 Å². The van der Waals surface area contributed by atoms with Gasteiger partial charge in [0.05, 0.1) is 0 Å². The van der Waals surface area contributed by atoms with E-state index in [0.717, 1.165) is 6.54 Å². The Morgan fingerprint density at radius 2 is 1.80 bits per heavy atom. The van der Waals surface area contributed by atoms with E-state index in [1.54, 1.807) is 12.1 Å². The lowest BCUT2D eigenvalue weighted by molar-refractivity contribution is 0.186. The number of nitrogens with one attached hydrogen (secondary N) is 1. The quantitative estimate of drug-likeness (QED) is 0.800. The van der Waals surface area contributed by atoms with Crippen molar-refractivity contribution in [2.24, 2.45) is 11.3 Å². The van der Waals surface area contributed by atoms with Gasteiger partial charge in [0.2, 0.25) is 0 Å². The van der Waals surface area contributed by atoms with Crippen molar-refractivity contribution >= 4 is 11.6 Å². The smallest absolute Gasteiger partial charge is 0.127 e. The molecule has 0 spiro atoms. The maximum atomic E-state index is 14.0. The molecule has 0 aliphatic rings. The highest BCUT2D eigenvalue weighted by Crippen LogP contribution is 2.34. The van der Waals surface area contributed by atoms with Gasteiger partial charge in [0.15, 0.2) is 0 Å². The van der Waals surface area contributed by atoms with Crippen molar-refractivity contribution in [2.75, 3.05) is 6.54 Å². The normalized spacial score (nSPS) is 15.4. The van der Waals surface area contributed by atoms with Crippen LogP contribution in [0.3, 0.4) is 0 Å². The van der Waals surface area contributed by atoms with Crippen molar-refractivity contribution in [2.45, 2.75) is 53.5 Å². The molecule has 0 aliphatic carbocycles. The van der Waals surface area contributed by atoms with Crippen LogP contribution in [-0.4, -0.2) is 12.1 Å². The van der Waals surface area contributed by atoms with Gasteiger partial charge >= 0.3 is 0 Å². The number of halogens is 2. The van der Waals surface area contributed by atoms with Crippen LogP contribution in [0.1, 0.15) is 47.1 Å². The second-order valence-electron chi connectivity index (χ2n) is 7.29. The van der Waals surface area contributed by atoms with E-state index in [-0.39, 0.29) is 16.8 Å². The molecule has 0 heterocycles. The van der Waals surface area contributed by atoms with Gasteiger partial charge in [-0.15, -0.1) is 0 Å². The van der Waals surface area contributed by atoms with Crippen LogP contribution >= 0.6 is 11.6 Å². The van der Waals surface area contributed by atoms with E-state index in [4.69, 9.17) is 11.6 Å². The summed E-state index contributed by atoms with van der Waals surface area (Å²) in [6, 6.07) is 4.90. The lowest BCUT2D eigenvalue weighted by Gasteiger charge is -2.37. The average Bonchev–Trinajstić information content (AvgIpc) is 2.30. The Bertz CT molecular complexity index is 431. The highest BCUT2D eigenvalue weighted by Gasteiger charge is 2.31. The second kappa shape index (κ2) is 6.44. The van der Waals surface area contributed by atoms with E-state index < -0.39 is 0 Å². The summed E-state index contributed by atoms with van der Waals surface area (Å²) in [6.45, 7) is 13.8. The van der Waals surface area contributed by atoms with Crippen LogP contribution in [0.25, 0.3) is 0 Å². The molecule has 0 radical (unpaired) electrons. The molecule has 1 atom stereocenters. The first-order chi connectivity index (χ1) is 9.05. The first kappa shape index (κ1) is 17.5. The Balaban J connectivity index is 2.97. The number of rotatable bonds is 5. The van der Waals surface area contributed by atoms with Gasteiger partial charge in [-0.1, -0.05) is 38.4 Å². The minimum Gasteiger partial charge on any atom is -0.312 e. The topological polar surface area (TPSA) is 12.0 Å². The largest absolute Gasteiger partial charge is 0.312 e. The summed E-state index contributed by atoms with van der Waals surface area (Å²) in [5.41, 5.74) is 0.634. The Morgan fingerprint density at radius 3 is 2.25 bits per heavy atom. The van der Waals surface area contributed by atoms with Gasteiger partial charge in [-0.25, -0.2) is 4.39 Å². The van der Waals surface area contributed by atoms with E-state index in [1.165, 1.54) is 6.07 Å². The van der Waals surface area contributed by atoms with Crippen molar-refractivity contribution < 1.29 is 4.39 Å². The predicted molar refractivity (Wildman–Crippen MR) is 85.8 cm³/mol. The number of benzene rings is 1. The molecule has 1 unspecified atom stereocenters. The molecule has 1 nitrogen and oxygen atoms in total. The Morgan fingerprint density at radius 1 is 1.20 bits per heavy atom. The fourth-order valence-corrected chi connectivity index (χ4v) is 2.27. The zero-order valence-electron chi connectivity index (χ0n) is 13.5. The van der Waals surface area contributed by atoms with Crippen molar-refractivity contribution in [3.63, 3.8) is 0 Å². The van der Waals surface area contributed by atoms with E-state index in [0.29, 0.717) is 22.9 Å². The van der Waals surface area contributed by atoms with Crippen molar-refractivity contribution in [1.29, 1.82) is 0 Å². The molecule has 1 rings (SSSR count). The van der Waals surface area contributed by atoms with Gasteiger partial charge in [-0.2, -0.15) is 0 Å². The highest BCUT2D eigenvalue weighted by molar-refractivity contribution is 6.31. The number of hydrogen-bond acceptors (Lipinski definition) is 1. The van der Waals surface area contributed by atoms with Crippen LogP contribution in [0.2, 0.25) is 5.02 Å². The van der Waals surface area contributed by atoms with Gasteiger partial charge < -0.3 is 5.32 Å². The average molecular weight is 300 g/mol. The fraction of sp³-hybridized carbons (Fsp3) is 0.647. The molecule has 0 aliphatic heterocycles. The standard InChI is InChI=1S/C17H27ClFN/c1-12(2)17(6,11-20-16(3,4)5)10-13-14(18)8-7-9-15(13)19/h7-9,12,20H,10-11H2,1-6H3. The Kier molecular flexibility index (Phi) is 5.62. The van der Waals surface area contributed by atoms with E-state index in [2.05, 4.69) is 46.9 Å². The lowest BCUT2D eigenvalue weighted by atomic mass is 9.74. The monoisotopic (exact) mass is 299 g/mol. The van der Waals surface area contributed by atoms with Crippen LogP contribution in [0, 0.1) is 17.2 Å². The third-order valence-corrected chi connectivity index (χ3v) is 4.41. The van der Waals surface area contributed by atoms with Gasteiger partial charge in [-0.05, 0) is 50.7 Å². The molecule has 1 N–H and O–H groups in total. The molecule has 0 saturated carbocycles. The molecule has 3 heteroatoms. The predicted octanol–water partition coefficient (Wildman–Crippen LogP) is 5.07. The molecule has 0 fully saturated rings. The fourth-order valence-electron chi connectivity index (χ4n) is 2.04. The molecule has 0 amide bonds. The Hall–Kier alpha value is -0.600. The summed E-state index contributed by atoms with van der Waals surface area (Å²) >= 11 is 6.17. The molecule has 0 saturated heterocycles. The highest BCUT2D eigenvalue weighted by atomic mass is 35.5. The molecular weight excluding hydrogens is 273 g/mol. The Labute approximate surface area is 127 Å². The minimum atomic E-state index is -0.208. The summed E-state index contributed by atoms with van der Waals surface area (Å²) in [6.07, 6.45) is 0.638. The summed E-state index contributed by atoms with van der Waals surface area (Å²) in [5, 5.41) is 4.06. The molecule has 20 heavy (non-hydrogen) atoms. The molecule has 0 bridgehead atoms. The third-order valence-electron chi connectivity index (χ3n) is 4.06. The summed E-state index contributed by atoms with van der Waals surface area (Å²) in [5.74, 6) is 0.216. The van der Waals surface area contributed by atoms with Crippen LogP contribution < -0.4 is 5.32 Å². The van der Waals surface area contributed by atoms with Crippen molar-refractivity contribution in [3.8, 4) is 0 Å². The van der Waals surface area contributed by atoms with Crippen molar-refractivity contribution in [3.05, 3.63) is 34.6 Å². The molecule has 0 aromatic heterocycles. The lowest BCUT2D eigenvalue weighted by Crippen LogP contribution is -2.46. The van der Waals surface area contributed by atoms with Crippen LogP contribution in [0.4, 0.5) is 4.39 Å². The SMILES string of the molecule is CC(C)C(C)(CNC(C)(C)C)Cc1c(F)cccc1Cl. The van der Waals surface area contributed by atoms with Crippen LogP contribution in [0.5, 0.6) is 0 Å². The number of hydrogen-bond donors (Lipinski definition) is 1. The second-order valence-corrected chi connectivity index (χ2v) is 7.70. The first-order valence-electron chi connectivity index (χ1n) is 7.23. The first-order valence-corrected chi connectivity index (χ1v) is 7.61. The molecular formula is C17H27ClFN. The van der Waals surface area contributed by atoms with Crippen LogP contribution in [0.15, 0.2) is 18.2 Å². The third kappa shape index (κ3) is 4.75. The maximum absolute atomic E-state index is 14.0. The van der Waals surface area contributed by atoms with Gasteiger partial charge in [0.1, 0.15) is 5.82 Å². The van der Waals surface area contributed by atoms with Gasteiger partial charge in [-0.3, -0.25) is 0 Å². The van der Waals surface area contributed by atoms with E-state index in [1.807, 2.05) is 0 Å². The van der Waals surface area contributed by atoms with Gasteiger partial charge in [0.25, 0.3) is 0 Å². The van der Waals surface area contributed by atoms with E-state index >= 15 is 0 Å². The van der Waals surface area contributed by atoms with E-state index in [9.17, 15) is 4.39 Å². The molecule has 1 aromatic carbocycles. The van der Waals surface area contributed by atoms with Gasteiger partial charge in [0, 0.05) is 22.7 Å². The zero-order chi connectivity index (χ0) is 15.6. The summed E-state index contributed by atoms with van der Waals surface area (Å²) < 4.78 is 14.0. The summed E-state index contributed by atoms with van der Waals surface area (Å²) in [7, 11) is 0. The molecule has 114 valence electrons. The molecule has 1 aromatic rings.